The fourth-order valence-corrected chi connectivity index (χ4v) is 3.64. The first kappa shape index (κ1) is 20.0. The summed E-state index contributed by atoms with van der Waals surface area (Å²) in [6.07, 6.45) is 3.59. The zero-order chi connectivity index (χ0) is 20.1. The number of benzene rings is 2. The van der Waals surface area contributed by atoms with Gasteiger partial charge in [0.1, 0.15) is 17.5 Å². The predicted molar refractivity (Wildman–Crippen MR) is 110 cm³/mol. The molecule has 1 heterocycles. The van der Waals surface area contributed by atoms with Gasteiger partial charge < -0.3 is 0 Å². The van der Waals surface area contributed by atoms with E-state index in [1.807, 2.05) is 6.07 Å². The first-order valence-electron chi connectivity index (χ1n) is 8.02. The smallest absolute Gasteiger partial charge is 0.268 e. The topological polar surface area (TPSA) is 65.8 Å². The number of aromatic nitrogens is 1. The maximum atomic E-state index is 13.0. The number of amides is 1. The van der Waals surface area contributed by atoms with E-state index in [1.165, 1.54) is 35.6 Å². The fourth-order valence-electron chi connectivity index (χ4n) is 2.34. The summed E-state index contributed by atoms with van der Waals surface area (Å²) in [6, 6.07) is 12.8. The van der Waals surface area contributed by atoms with Gasteiger partial charge in [0.25, 0.3) is 5.91 Å². The minimum atomic E-state index is -0.587. The Morgan fingerprint density at radius 2 is 2.00 bits per heavy atom. The Morgan fingerprint density at radius 1 is 1.25 bits per heavy atom. The molecule has 0 bridgehead atoms. The highest BCUT2D eigenvalue weighted by Crippen LogP contribution is 2.25. The van der Waals surface area contributed by atoms with E-state index in [9.17, 15) is 14.4 Å². The van der Waals surface area contributed by atoms with Crippen molar-refractivity contribution in [2.75, 3.05) is 5.32 Å². The number of hydrogen-bond acceptors (Lipinski definition) is 4. The summed E-state index contributed by atoms with van der Waals surface area (Å²) in [5.74, 6) is -0.881. The molecule has 4 nitrogen and oxygen atoms in total. The number of halogens is 3. The van der Waals surface area contributed by atoms with Crippen LogP contribution in [-0.4, -0.2) is 10.9 Å². The van der Waals surface area contributed by atoms with Crippen molar-refractivity contribution in [3.8, 4) is 6.07 Å². The first-order chi connectivity index (χ1) is 13.4. The van der Waals surface area contributed by atoms with Crippen LogP contribution < -0.4 is 5.32 Å². The van der Waals surface area contributed by atoms with Gasteiger partial charge in [-0.25, -0.2) is 9.37 Å². The van der Waals surface area contributed by atoms with Crippen molar-refractivity contribution in [1.29, 1.82) is 5.26 Å². The van der Waals surface area contributed by atoms with Crippen LogP contribution in [0.3, 0.4) is 0 Å². The Labute approximate surface area is 174 Å². The van der Waals surface area contributed by atoms with Crippen LogP contribution >= 0.6 is 34.5 Å². The van der Waals surface area contributed by atoms with Gasteiger partial charge in [-0.2, -0.15) is 5.26 Å². The summed E-state index contributed by atoms with van der Waals surface area (Å²) >= 11 is 13.2. The number of rotatable bonds is 5. The quantitative estimate of drug-likeness (QED) is 0.414. The molecule has 0 saturated carbocycles. The monoisotopic (exact) mass is 431 g/mol. The average molecular weight is 432 g/mol. The molecule has 28 heavy (non-hydrogen) atoms. The molecule has 1 N–H and O–H groups in total. The molecule has 0 radical (unpaired) electrons. The molecule has 0 atom stereocenters. The second-order valence-electron chi connectivity index (χ2n) is 5.72. The van der Waals surface area contributed by atoms with Crippen molar-refractivity contribution in [3.05, 3.63) is 86.1 Å². The summed E-state index contributed by atoms with van der Waals surface area (Å²) in [5, 5.41) is 13.1. The second kappa shape index (κ2) is 8.98. The number of nitrogens with zero attached hydrogens (tertiary/aromatic N) is 2. The summed E-state index contributed by atoms with van der Waals surface area (Å²) in [6.45, 7) is 0. The van der Waals surface area contributed by atoms with Gasteiger partial charge in [-0.3, -0.25) is 10.1 Å². The van der Waals surface area contributed by atoms with E-state index in [2.05, 4.69) is 10.3 Å². The molecule has 0 aliphatic heterocycles. The summed E-state index contributed by atoms with van der Waals surface area (Å²) < 4.78 is 13.0. The predicted octanol–water partition coefficient (Wildman–Crippen LogP) is 5.73. The van der Waals surface area contributed by atoms with Crippen LogP contribution in [-0.2, 0) is 11.2 Å². The molecular formula is C20H12Cl2FN3OS. The van der Waals surface area contributed by atoms with Gasteiger partial charge in [-0.05, 0) is 41.5 Å². The third kappa shape index (κ3) is 5.17. The highest BCUT2D eigenvalue weighted by Gasteiger charge is 2.13. The molecule has 0 unspecified atom stereocenters. The minimum Gasteiger partial charge on any atom is -0.297 e. The summed E-state index contributed by atoms with van der Waals surface area (Å²) in [4.78, 5) is 17.4. The molecule has 0 aliphatic rings. The van der Waals surface area contributed by atoms with Gasteiger partial charge in [-0.1, -0.05) is 41.4 Å². The molecule has 140 valence electrons. The van der Waals surface area contributed by atoms with Crippen LogP contribution in [0.1, 0.15) is 16.0 Å². The fraction of sp³-hybridized carbons (Fsp3) is 0.0500. The van der Waals surface area contributed by atoms with Crippen LogP contribution in [0.4, 0.5) is 9.52 Å². The Balaban J connectivity index is 1.71. The molecule has 1 aromatic heterocycles. The molecular weight excluding hydrogens is 420 g/mol. The lowest BCUT2D eigenvalue weighted by atomic mass is 10.1. The second-order valence-corrected chi connectivity index (χ2v) is 7.68. The lowest BCUT2D eigenvalue weighted by Crippen LogP contribution is -2.13. The Morgan fingerprint density at radius 3 is 2.68 bits per heavy atom. The molecule has 0 saturated heterocycles. The number of hydrogen-bond donors (Lipinski definition) is 1. The van der Waals surface area contributed by atoms with Crippen LogP contribution in [0.5, 0.6) is 0 Å². The lowest BCUT2D eigenvalue weighted by Gasteiger charge is -2.02. The number of anilines is 1. The number of carbonyl (C=O) groups excluding carboxylic acids is 1. The highest BCUT2D eigenvalue weighted by atomic mass is 35.5. The summed E-state index contributed by atoms with van der Waals surface area (Å²) in [7, 11) is 0. The third-order valence-electron chi connectivity index (χ3n) is 3.69. The normalized spacial score (nSPS) is 11.1. The van der Waals surface area contributed by atoms with E-state index in [0.717, 1.165) is 10.4 Å². The standard InChI is InChI=1S/C20H12Cl2FN3OS/c21-15-4-3-13(18(22)9-15)8-14(10-24)19(27)26-20-25-11-17(28-20)7-12-1-5-16(23)6-2-12/h1-6,8-9,11H,7H2,(H,25,26,27)/b14-8-. The van der Waals surface area contributed by atoms with Crippen molar-refractivity contribution in [2.45, 2.75) is 6.42 Å². The van der Waals surface area contributed by atoms with Crippen molar-refractivity contribution in [3.63, 3.8) is 0 Å². The van der Waals surface area contributed by atoms with E-state index in [-0.39, 0.29) is 11.4 Å². The van der Waals surface area contributed by atoms with E-state index in [1.54, 1.807) is 30.5 Å². The van der Waals surface area contributed by atoms with Crippen molar-refractivity contribution in [2.24, 2.45) is 0 Å². The molecule has 0 aliphatic carbocycles. The highest BCUT2D eigenvalue weighted by molar-refractivity contribution is 7.15. The zero-order valence-corrected chi connectivity index (χ0v) is 16.6. The lowest BCUT2D eigenvalue weighted by molar-refractivity contribution is -0.112. The molecule has 0 spiro atoms. The van der Waals surface area contributed by atoms with Gasteiger partial charge in [0.15, 0.2) is 5.13 Å². The number of carbonyl (C=O) groups is 1. The maximum absolute atomic E-state index is 13.0. The van der Waals surface area contributed by atoms with Crippen LogP contribution in [0.15, 0.2) is 54.2 Å². The molecule has 2 aromatic carbocycles. The van der Waals surface area contributed by atoms with Gasteiger partial charge in [-0.15, -0.1) is 11.3 Å². The SMILES string of the molecule is N#C/C(=C/c1ccc(Cl)cc1Cl)C(=O)Nc1ncc(Cc2ccc(F)cc2)s1. The minimum absolute atomic E-state index is 0.112. The van der Waals surface area contributed by atoms with E-state index >= 15 is 0 Å². The van der Waals surface area contributed by atoms with E-state index < -0.39 is 5.91 Å². The zero-order valence-electron chi connectivity index (χ0n) is 14.2. The molecule has 0 fully saturated rings. The molecule has 3 aromatic rings. The van der Waals surface area contributed by atoms with Gasteiger partial charge in [0.05, 0.1) is 0 Å². The number of nitrogens with one attached hydrogen (secondary N) is 1. The van der Waals surface area contributed by atoms with Crippen molar-refractivity contribution in [1.82, 2.24) is 4.98 Å². The first-order valence-corrected chi connectivity index (χ1v) is 9.59. The molecule has 3 rings (SSSR count). The molecule has 8 heteroatoms. The third-order valence-corrected chi connectivity index (χ3v) is 5.17. The van der Waals surface area contributed by atoms with Crippen LogP contribution in [0.2, 0.25) is 10.0 Å². The number of nitriles is 1. The molecule has 1 amide bonds. The van der Waals surface area contributed by atoms with Crippen LogP contribution in [0.25, 0.3) is 6.08 Å². The number of thiazole rings is 1. The average Bonchev–Trinajstić information content (AvgIpc) is 3.09. The van der Waals surface area contributed by atoms with Gasteiger partial charge in [0.2, 0.25) is 0 Å². The van der Waals surface area contributed by atoms with Gasteiger partial charge in [0, 0.05) is 27.5 Å². The Bertz CT molecular complexity index is 1090. The van der Waals surface area contributed by atoms with Gasteiger partial charge >= 0.3 is 0 Å². The van der Waals surface area contributed by atoms with Crippen molar-refractivity contribution >= 4 is 51.7 Å². The maximum Gasteiger partial charge on any atom is 0.268 e. The largest absolute Gasteiger partial charge is 0.297 e. The summed E-state index contributed by atoms with van der Waals surface area (Å²) in [5.41, 5.74) is 1.33. The van der Waals surface area contributed by atoms with Crippen LogP contribution in [0, 0.1) is 17.1 Å². The Kier molecular flexibility index (Phi) is 6.42. The van der Waals surface area contributed by atoms with E-state index in [4.69, 9.17) is 23.2 Å². The van der Waals surface area contributed by atoms with Crippen molar-refractivity contribution < 1.29 is 9.18 Å². The van der Waals surface area contributed by atoms with E-state index in [0.29, 0.717) is 27.2 Å². The Hall–Kier alpha value is -2.72.